The van der Waals surface area contributed by atoms with Crippen LogP contribution in [0.15, 0.2) is 42.5 Å². The van der Waals surface area contributed by atoms with E-state index in [9.17, 15) is 14.0 Å². The van der Waals surface area contributed by atoms with Crippen LogP contribution in [0.2, 0.25) is 0 Å². The van der Waals surface area contributed by atoms with Crippen molar-refractivity contribution in [2.75, 3.05) is 43.6 Å². The van der Waals surface area contributed by atoms with Gasteiger partial charge in [0, 0.05) is 24.3 Å². The van der Waals surface area contributed by atoms with Crippen LogP contribution in [0.1, 0.15) is 20.7 Å². The van der Waals surface area contributed by atoms with E-state index in [1.807, 2.05) is 4.90 Å². The lowest BCUT2D eigenvalue weighted by atomic mass is 10.1. The van der Waals surface area contributed by atoms with Crippen molar-refractivity contribution in [1.29, 1.82) is 0 Å². The number of ether oxygens (including phenoxy) is 2. The Balaban J connectivity index is 0.00000261. The molecule has 0 bridgehead atoms. The number of carbonyl (C=O) groups is 2. The molecule has 1 N–H and O–H groups in total. The summed E-state index contributed by atoms with van der Waals surface area (Å²) in [7, 11) is 1.31. The molecule has 0 spiro atoms. The van der Waals surface area contributed by atoms with Gasteiger partial charge in [-0.1, -0.05) is 6.07 Å². The highest BCUT2D eigenvalue weighted by Crippen LogP contribution is 2.26. The molecule has 2 aromatic rings. The summed E-state index contributed by atoms with van der Waals surface area (Å²) in [6.07, 6.45) is 0. The third-order valence-electron chi connectivity index (χ3n) is 4.10. The van der Waals surface area contributed by atoms with Crippen molar-refractivity contribution in [3.05, 3.63) is 59.4 Å². The fraction of sp³-hybridized carbons (Fsp3) is 0.263. The SMILES string of the molecule is COC(=O)c1cc(NC(=O)c2cccc(F)c2)ccc1N1CCOCC1.Cl. The number of methoxy groups -OCH3 is 1. The van der Waals surface area contributed by atoms with Gasteiger partial charge in [0.1, 0.15) is 5.82 Å². The van der Waals surface area contributed by atoms with Crippen LogP contribution in [-0.2, 0) is 9.47 Å². The number of morpholine rings is 1. The second kappa shape index (κ2) is 9.34. The third kappa shape index (κ3) is 4.96. The van der Waals surface area contributed by atoms with Crippen molar-refractivity contribution in [3.63, 3.8) is 0 Å². The van der Waals surface area contributed by atoms with Gasteiger partial charge in [0.15, 0.2) is 0 Å². The highest BCUT2D eigenvalue weighted by atomic mass is 35.5. The van der Waals surface area contributed by atoms with Crippen molar-refractivity contribution in [3.8, 4) is 0 Å². The Kier molecular flexibility index (Phi) is 7.15. The van der Waals surface area contributed by atoms with Crippen LogP contribution in [0.3, 0.4) is 0 Å². The molecule has 1 fully saturated rings. The lowest BCUT2D eigenvalue weighted by molar-refractivity contribution is 0.0600. The third-order valence-corrected chi connectivity index (χ3v) is 4.10. The maximum Gasteiger partial charge on any atom is 0.340 e. The molecule has 0 unspecified atom stereocenters. The minimum Gasteiger partial charge on any atom is -0.465 e. The van der Waals surface area contributed by atoms with E-state index >= 15 is 0 Å². The van der Waals surface area contributed by atoms with E-state index in [0.717, 1.165) is 11.8 Å². The number of hydrogen-bond acceptors (Lipinski definition) is 5. The molecule has 0 saturated carbocycles. The Morgan fingerprint density at radius 3 is 2.56 bits per heavy atom. The van der Waals surface area contributed by atoms with E-state index in [1.54, 1.807) is 18.2 Å². The van der Waals surface area contributed by atoms with Crippen LogP contribution in [0, 0.1) is 5.82 Å². The van der Waals surface area contributed by atoms with Crippen LogP contribution in [0.25, 0.3) is 0 Å². The molecule has 1 aliphatic rings. The number of nitrogens with zero attached hydrogens (tertiary/aromatic N) is 1. The van der Waals surface area contributed by atoms with Crippen LogP contribution in [-0.4, -0.2) is 45.3 Å². The Morgan fingerprint density at radius 1 is 1.15 bits per heavy atom. The number of rotatable bonds is 4. The summed E-state index contributed by atoms with van der Waals surface area (Å²) in [5.41, 5.74) is 1.70. The van der Waals surface area contributed by atoms with Gasteiger partial charge in [0.25, 0.3) is 5.91 Å². The number of benzene rings is 2. The van der Waals surface area contributed by atoms with Gasteiger partial charge < -0.3 is 19.7 Å². The zero-order valence-corrected chi connectivity index (χ0v) is 15.6. The van der Waals surface area contributed by atoms with Crippen molar-refractivity contribution in [2.45, 2.75) is 0 Å². The summed E-state index contributed by atoms with van der Waals surface area (Å²) in [5.74, 6) is -1.44. The van der Waals surface area contributed by atoms with E-state index in [-0.39, 0.29) is 18.0 Å². The second-order valence-electron chi connectivity index (χ2n) is 5.79. The molecule has 0 radical (unpaired) electrons. The fourth-order valence-electron chi connectivity index (χ4n) is 2.80. The molecule has 0 aromatic heterocycles. The van der Waals surface area contributed by atoms with Gasteiger partial charge in [-0.05, 0) is 36.4 Å². The van der Waals surface area contributed by atoms with E-state index < -0.39 is 17.7 Å². The van der Waals surface area contributed by atoms with Crippen LogP contribution in [0.4, 0.5) is 15.8 Å². The van der Waals surface area contributed by atoms with Crippen LogP contribution >= 0.6 is 12.4 Å². The molecule has 0 atom stereocenters. The number of amides is 1. The van der Waals surface area contributed by atoms with E-state index in [1.165, 1.54) is 25.3 Å². The predicted molar refractivity (Wildman–Crippen MR) is 102 cm³/mol. The molecule has 0 aliphatic carbocycles. The highest BCUT2D eigenvalue weighted by Gasteiger charge is 2.20. The normalized spacial score (nSPS) is 13.5. The number of hydrogen-bond donors (Lipinski definition) is 1. The van der Waals surface area contributed by atoms with Crippen molar-refractivity contribution in [1.82, 2.24) is 0 Å². The van der Waals surface area contributed by atoms with Crippen LogP contribution < -0.4 is 10.2 Å². The molecule has 1 heterocycles. The summed E-state index contributed by atoms with van der Waals surface area (Å²) < 4.78 is 23.5. The number of esters is 1. The fourth-order valence-corrected chi connectivity index (χ4v) is 2.80. The minimum atomic E-state index is -0.492. The second-order valence-corrected chi connectivity index (χ2v) is 5.79. The van der Waals surface area contributed by atoms with Crippen molar-refractivity contribution in [2.24, 2.45) is 0 Å². The van der Waals surface area contributed by atoms with E-state index in [0.29, 0.717) is 37.6 Å². The van der Waals surface area contributed by atoms with Gasteiger partial charge in [0.05, 0.1) is 31.6 Å². The van der Waals surface area contributed by atoms with Gasteiger partial charge >= 0.3 is 5.97 Å². The quantitative estimate of drug-likeness (QED) is 0.807. The molecular weight excluding hydrogens is 375 g/mol. The molecule has 1 aliphatic heterocycles. The molecule has 144 valence electrons. The first-order chi connectivity index (χ1) is 12.6. The minimum absolute atomic E-state index is 0. The summed E-state index contributed by atoms with van der Waals surface area (Å²) >= 11 is 0. The first kappa shape index (κ1) is 20.7. The number of halogens is 2. The maximum absolute atomic E-state index is 13.3. The van der Waals surface area contributed by atoms with Gasteiger partial charge in [0.2, 0.25) is 0 Å². The van der Waals surface area contributed by atoms with E-state index in [4.69, 9.17) is 9.47 Å². The molecule has 2 aromatic carbocycles. The smallest absolute Gasteiger partial charge is 0.340 e. The number of nitrogens with one attached hydrogen (secondary N) is 1. The molecule has 6 nitrogen and oxygen atoms in total. The first-order valence-corrected chi connectivity index (χ1v) is 8.20. The summed E-state index contributed by atoms with van der Waals surface area (Å²) in [5, 5.41) is 2.68. The Bertz CT molecular complexity index is 825. The monoisotopic (exact) mass is 394 g/mol. The number of anilines is 2. The summed E-state index contributed by atoms with van der Waals surface area (Å²) in [6.45, 7) is 2.50. The standard InChI is InChI=1S/C19H19FN2O4.ClH/c1-25-19(24)16-12-15(5-6-17(16)22-7-9-26-10-8-22)21-18(23)13-3-2-4-14(20)11-13;/h2-6,11-12H,7-10H2,1H3,(H,21,23);1H. The zero-order chi connectivity index (χ0) is 18.5. The van der Waals surface area contributed by atoms with Gasteiger partial charge in [-0.25, -0.2) is 9.18 Å². The summed E-state index contributed by atoms with van der Waals surface area (Å²) in [6, 6.07) is 10.4. The lowest BCUT2D eigenvalue weighted by Gasteiger charge is -2.30. The zero-order valence-electron chi connectivity index (χ0n) is 14.7. The van der Waals surface area contributed by atoms with E-state index in [2.05, 4.69) is 5.32 Å². The Labute approximate surface area is 162 Å². The topological polar surface area (TPSA) is 67.9 Å². The molecule has 1 saturated heterocycles. The highest BCUT2D eigenvalue weighted by molar-refractivity contribution is 6.05. The van der Waals surface area contributed by atoms with Gasteiger partial charge in [-0.15, -0.1) is 12.4 Å². The van der Waals surface area contributed by atoms with Gasteiger partial charge in [-0.2, -0.15) is 0 Å². The van der Waals surface area contributed by atoms with Crippen molar-refractivity contribution >= 4 is 35.7 Å². The summed E-state index contributed by atoms with van der Waals surface area (Å²) in [4.78, 5) is 26.5. The van der Waals surface area contributed by atoms with Crippen molar-refractivity contribution < 1.29 is 23.5 Å². The molecular formula is C19H20ClFN2O4. The van der Waals surface area contributed by atoms with Crippen LogP contribution in [0.5, 0.6) is 0 Å². The Hall–Kier alpha value is -2.64. The lowest BCUT2D eigenvalue weighted by Crippen LogP contribution is -2.37. The molecule has 27 heavy (non-hydrogen) atoms. The average Bonchev–Trinajstić information content (AvgIpc) is 2.68. The molecule has 1 amide bonds. The Morgan fingerprint density at radius 2 is 1.89 bits per heavy atom. The number of carbonyl (C=O) groups excluding carboxylic acids is 2. The molecule has 8 heteroatoms. The maximum atomic E-state index is 13.3. The average molecular weight is 395 g/mol. The first-order valence-electron chi connectivity index (χ1n) is 8.20. The largest absolute Gasteiger partial charge is 0.465 e. The predicted octanol–water partition coefficient (Wildman–Crippen LogP) is 3.12. The molecule has 3 rings (SSSR count). The van der Waals surface area contributed by atoms with Gasteiger partial charge in [-0.3, -0.25) is 4.79 Å².